The van der Waals surface area contributed by atoms with Crippen molar-refractivity contribution in [1.29, 1.82) is 0 Å². The quantitative estimate of drug-likeness (QED) is 0.144. The van der Waals surface area contributed by atoms with Gasteiger partial charge in [0.1, 0.15) is 7.85 Å². The lowest BCUT2D eigenvalue weighted by molar-refractivity contribution is 0.398. The summed E-state index contributed by atoms with van der Waals surface area (Å²) in [5.74, 6) is 0. The van der Waals surface area contributed by atoms with E-state index in [0.717, 1.165) is 5.46 Å². The largest absolute Gasteiger partial charge is 0.113 e. The number of unbranched alkanes of at least 4 members (excludes halogenated alkanes) is 10. The summed E-state index contributed by atoms with van der Waals surface area (Å²) in [6, 6.07) is 18.1. The minimum Gasteiger partial charge on any atom is -0.0963 e. The Bertz CT molecular complexity index is 1100. The van der Waals surface area contributed by atoms with Crippen LogP contribution in [0.25, 0.3) is 21.9 Å². The third-order valence-electron chi connectivity index (χ3n) is 8.25. The van der Waals surface area contributed by atoms with E-state index in [0.29, 0.717) is 0 Å². The molecular formula is C33H42BBr. The van der Waals surface area contributed by atoms with Gasteiger partial charge in [-0.2, -0.15) is 0 Å². The summed E-state index contributed by atoms with van der Waals surface area (Å²) in [6.45, 7) is 4.60. The number of hydrogen-bond acceptors (Lipinski definition) is 0. The number of hydrogen-bond donors (Lipinski definition) is 0. The van der Waals surface area contributed by atoms with Crippen LogP contribution in [0.4, 0.5) is 0 Å². The summed E-state index contributed by atoms with van der Waals surface area (Å²) in [5, 5.41) is 2.68. The molecule has 0 aliphatic heterocycles. The Labute approximate surface area is 223 Å². The van der Waals surface area contributed by atoms with Gasteiger partial charge in [-0.15, -0.1) is 0 Å². The van der Waals surface area contributed by atoms with E-state index in [2.05, 4.69) is 78.3 Å². The van der Waals surface area contributed by atoms with Gasteiger partial charge < -0.3 is 0 Å². The summed E-state index contributed by atoms with van der Waals surface area (Å²) < 4.78 is 1.22. The van der Waals surface area contributed by atoms with Crippen molar-refractivity contribution in [2.75, 3.05) is 0 Å². The summed E-state index contributed by atoms with van der Waals surface area (Å²) in [6.07, 6.45) is 18.5. The maximum atomic E-state index is 6.44. The molecule has 0 heterocycles. The van der Waals surface area contributed by atoms with Crippen LogP contribution in [0.15, 0.2) is 53.0 Å². The fraction of sp³-hybridized carbons (Fsp3) is 0.515. The van der Waals surface area contributed by atoms with Crippen molar-refractivity contribution in [2.45, 2.75) is 109 Å². The van der Waals surface area contributed by atoms with Gasteiger partial charge in [-0.3, -0.25) is 0 Å². The van der Waals surface area contributed by atoms with Crippen LogP contribution in [0.5, 0.6) is 0 Å². The Morgan fingerprint density at radius 1 is 0.657 bits per heavy atom. The second-order valence-electron chi connectivity index (χ2n) is 10.7. The second-order valence-corrected chi connectivity index (χ2v) is 11.6. The molecule has 0 nitrogen and oxygen atoms in total. The topological polar surface area (TPSA) is 0 Å². The van der Waals surface area contributed by atoms with E-state index in [1.165, 1.54) is 127 Å². The molecule has 184 valence electrons. The lowest BCUT2D eigenvalue weighted by Crippen LogP contribution is -2.26. The molecule has 35 heavy (non-hydrogen) atoms. The molecule has 2 radical (unpaired) electrons. The Morgan fingerprint density at radius 2 is 1.23 bits per heavy atom. The third kappa shape index (κ3) is 5.74. The standard InChI is InChI=1S/C33H42BBr/c1-3-5-7-9-11-15-21-33(22-16-12-10-8-6-4-2)29-23-25(34)19-20-28(29)32-27-18-14-13-17-26(27)31(35)24-30(32)33/h13-14,17-20,23-24H,3-12,15-16,21-22H2,1-2H3. The molecule has 4 rings (SSSR count). The normalized spacial score (nSPS) is 13.8. The predicted octanol–water partition coefficient (Wildman–Crippen LogP) is 10.2. The molecule has 0 saturated carbocycles. The Kier molecular flexibility index (Phi) is 9.57. The second kappa shape index (κ2) is 12.6. The summed E-state index contributed by atoms with van der Waals surface area (Å²) in [5.41, 5.74) is 6.85. The van der Waals surface area contributed by atoms with Gasteiger partial charge in [0.25, 0.3) is 0 Å². The molecule has 0 fully saturated rings. The zero-order valence-electron chi connectivity index (χ0n) is 22.0. The summed E-state index contributed by atoms with van der Waals surface area (Å²) >= 11 is 3.96. The van der Waals surface area contributed by atoms with Gasteiger partial charge in [0, 0.05) is 9.89 Å². The Balaban J connectivity index is 1.73. The van der Waals surface area contributed by atoms with Gasteiger partial charge in [-0.1, -0.05) is 155 Å². The monoisotopic (exact) mass is 528 g/mol. The molecular weight excluding hydrogens is 487 g/mol. The van der Waals surface area contributed by atoms with Gasteiger partial charge >= 0.3 is 0 Å². The minimum atomic E-state index is 0.0715. The van der Waals surface area contributed by atoms with Gasteiger partial charge in [0.15, 0.2) is 0 Å². The zero-order chi connectivity index (χ0) is 24.7. The maximum absolute atomic E-state index is 6.44. The molecule has 2 heteroatoms. The van der Waals surface area contributed by atoms with Crippen LogP contribution in [0, 0.1) is 0 Å². The summed E-state index contributed by atoms with van der Waals surface area (Å²) in [4.78, 5) is 0. The molecule has 0 bridgehead atoms. The molecule has 1 aliphatic carbocycles. The predicted molar refractivity (Wildman–Crippen MR) is 159 cm³/mol. The Hall–Kier alpha value is -1.54. The van der Waals surface area contributed by atoms with Crippen LogP contribution >= 0.6 is 15.9 Å². The Morgan fingerprint density at radius 3 is 1.86 bits per heavy atom. The molecule has 3 aromatic rings. The maximum Gasteiger partial charge on any atom is 0.113 e. The first kappa shape index (κ1) is 26.5. The summed E-state index contributed by atoms with van der Waals surface area (Å²) in [7, 11) is 6.44. The fourth-order valence-electron chi connectivity index (χ4n) is 6.40. The number of fused-ring (bicyclic) bond motifs is 5. The first-order valence-electron chi connectivity index (χ1n) is 14.2. The molecule has 0 aromatic heterocycles. The first-order chi connectivity index (χ1) is 17.1. The highest BCUT2D eigenvalue weighted by atomic mass is 79.9. The van der Waals surface area contributed by atoms with Crippen LogP contribution in [0.3, 0.4) is 0 Å². The van der Waals surface area contributed by atoms with Crippen LogP contribution in [-0.2, 0) is 5.41 Å². The molecule has 0 N–H and O–H groups in total. The number of benzene rings is 3. The highest BCUT2D eigenvalue weighted by molar-refractivity contribution is 9.10. The van der Waals surface area contributed by atoms with Gasteiger partial charge in [-0.05, 0) is 51.9 Å². The van der Waals surface area contributed by atoms with E-state index >= 15 is 0 Å². The highest BCUT2D eigenvalue weighted by Crippen LogP contribution is 2.56. The van der Waals surface area contributed by atoms with E-state index in [1.54, 1.807) is 0 Å². The lowest BCUT2D eigenvalue weighted by Gasteiger charge is -2.33. The van der Waals surface area contributed by atoms with E-state index in [4.69, 9.17) is 7.85 Å². The molecule has 0 atom stereocenters. The van der Waals surface area contributed by atoms with Crippen molar-refractivity contribution in [3.05, 3.63) is 64.1 Å². The smallest absolute Gasteiger partial charge is 0.0963 e. The molecule has 0 unspecified atom stereocenters. The molecule has 0 spiro atoms. The fourth-order valence-corrected chi connectivity index (χ4v) is 6.97. The lowest BCUT2D eigenvalue weighted by atomic mass is 9.69. The average molecular weight is 529 g/mol. The van der Waals surface area contributed by atoms with Gasteiger partial charge in [0.2, 0.25) is 0 Å². The van der Waals surface area contributed by atoms with Gasteiger partial charge in [-0.25, -0.2) is 0 Å². The third-order valence-corrected chi connectivity index (χ3v) is 8.91. The van der Waals surface area contributed by atoms with Gasteiger partial charge in [0.05, 0.1) is 0 Å². The van der Waals surface area contributed by atoms with Crippen molar-refractivity contribution in [2.24, 2.45) is 0 Å². The SMILES string of the molecule is [B]c1ccc2c(c1)C(CCCCCCCC)(CCCCCCCC)c1cc(Br)c3ccccc3c1-2. The number of rotatable bonds is 14. The van der Waals surface area contributed by atoms with Crippen molar-refractivity contribution in [3.63, 3.8) is 0 Å². The first-order valence-corrected chi connectivity index (χ1v) is 15.0. The van der Waals surface area contributed by atoms with Crippen molar-refractivity contribution in [3.8, 4) is 11.1 Å². The van der Waals surface area contributed by atoms with E-state index in [-0.39, 0.29) is 5.41 Å². The average Bonchev–Trinajstić information content (AvgIpc) is 3.12. The van der Waals surface area contributed by atoms with Crippen molar-refractivity contribution < 1.29 is 0 Å². The van der Waals surface area contributed by atoms with Crippen LogP contribution in [0.2, 0.25) is 0 Å². The van der Waals surface area contributed by atoms with Crippen LogP contribution in [-0.4, -0.2) is 7.85 Å². The van der Waals surface area contributed by atoms with E-state index < -0.39 is 0 Å². The van der Waals surface area contributed by atoms with Crippen molar-refractivity contribution >= 4 is 40.0 Å². The minimum absolute atomic E-state index is 0.0715. The zero-order valence-corrected chi connectivity index (χ0v) is 23.6. The van der Waals surface area contributed by atoms with Crippen LogP contribution in [0.1, 0.15) is 115 Å². The van der Waals surface area contributed by atoms with E-state index in [9.17, 15) is 0 Å². The van der Waals surface area contributed by atoms with Crippen molar-refractivity contribution in [1.82, 2.24) is 0 Å². The molecule has 3 aromatic carbocycles. The molecule has 1 aliphatic rings. The molecule has 0 saturated heterocycles. The number of halogens is 1. The van der Waals surface area contributed by atoms with Crippen LogP contribution < -0.4 is 5.46 Å². The molecule has 0 amide bonds. The highest BCUT2D eigenvalue weighted by Gasteiger charge is 2.43. The van der Waals surface area contributed by atoms with E-state index in [1.807, 2.05) is 0 Å².